The molecule has 0 spiro atoms. The molecule has 0 atom stereocenters. The molecule has 6 heteroatoms. The van der Waals surface area contributed by atoms with Crippen molar-refractivity contribution >= 4 is 29.9 Å². The van der Waals surface area contributed by atoms with Crippen molar-refractivity contribution in [2.75, 3.05) is 39.9 Å². The number of hydrogen-bond donors (Lipinski definition) is 2. The second-order valence-electron chi connectivity index (χ2n) is 5.16. The van der Waals surface area contributed by atoms with E-state index >= 15 is 0 Å². The molecule has 120 valence electrons. The maximum Gasteiger partial charge on any atom is 0.188 e. The Morgan fingerprint density at radius 1 is 1.40 bits per heavy atom. The Kier molecular flexibility index (Phi) is 12.6. The molecular weight excluding hydrogens is 367 g/mol. The lowest BCUT2D eigenvalue weighted by molar-refractivity contribution is 0.146. The monoisotopic (exact) mass is 398 g/mol. The molecule has 0 radical (unpaired) electrons. The van der Waals surface area contributed by atoms with Gasteiger partial charge in [0.25, 0.3) is 0 Å². The number of nitrogens with zero attached hydrogens (tertiary/aromatic N) is 2. The predicted molar refractivity (Wildman–Crippen MR) is 95.9 cm³/mol. The largest absolute Gasteiger partial charge is 0.382 e. The number of ether oxygens (including phenoxy) is 1. The van der Waals surface area contributed by atoms with Crippen LogP contribution in [0.15, 0.2) is 4.99 Å². The lowest BCUT2D eigenvalue weighted by Gasteiger charge is -2.23. The average Bonchev–Trinajstić information content (AvgIpc) is 2.92. The van der Waals surface area contributed by atoms with Gasteiger partial charge in [0.1, 0.15) is 0 Å². The van der Waals surface area contributed by atoms with Crippen molar-refractivity contribution in [1.29, 1.82) is 0 Å². The van der Waals surface area contributed by atoms with Crippen LogP contribution in [0.5, 0.6) is 0 Å². The summed E-state index contributed by atoms with van der Waals surface area (Å²) < 4.78 is 5.25. The molecular formula is C14H31IN4O. The van der Waals surface area contributed by atoms with Gasteiger partial charge in [0.05, 0.1) is 0 Å². The van der Waals surface area contributed by atoms with E-state index in [9.17, 15) is 0 Å². The van der Waals surface area contributed by atoms with Gasteiger partial charge in [-0.05, 0) is 33.2 Å². The highest BCUT2D eigenvalue weighted by atomic mass is 127. The molecule has 5 nitrogen and oxygen atoms in total. The minimum atomic E-state index is 0. The number of aliphatic imine (C=N–C) groups is 1. The molecule has 0 unspecified atom stereocenters. The van der Waals surface area contributed by atoms with E-state index in [1.54, 1.807) is 0 Å². The second-order valence-corrected chi connectivity index (χ2v) is 5.16. The number of halogens is 1. The quantitative estimate of drug-likeness (QED) is 0.269. The number of hydrogen-bond acceptors (Lipinski definition) is 3. The van der Waals surface area contributed by atoms with Gasteiger partial charge in [-0.15, -0.1) is 24.0 Å². The Labute approximate surface area is 140 Å². The summed E-state index contributed by atoms with van der Waals surface area (Å²) in [7, 11) is 2.20. The molecule has 3 N–H and O–H groups in total. The summed E-state index contributed by atoms with van der Waals surface area (Å²) in [4.78, 5) is 6.71. The summed E-state index contributed by atoms with van der Waals surface area (Å²) in [6.07, 6.45) is 6.38. The number of guanidine groups is 1. The summed E-state index contributed by atoms with van der Waals surface area (Å²) >= 11 is 0. The molecule has 0 amide bonds. The first-order chi connectivity index (χ1) is 9.24. The first-order valence-electron chi connectivity index (χ1n) is 7.55. The van der Waals surface area contributed by atoms with Crippen LogP contribution in [0.25, 0.3) is 0 Å². The summed E-state index contributed by atoms with van der Waals surface area (Å²) in [6.45, 7) is 6.16. The van der Waals surface area contributed by atoms with Gasteiger partial charge in [-0.1, -0.05) is 12.8 Å². The van der Waals surface area contributed by atoms with Crippen molar-refractivity contribution in [2.45, 2.75) is 45.1 Å². The minimum Gasteiger partial charge on any atom is -0.382 e. The summed E-state index contributed by atoms with van der Waals surface area (Å²) in [5, 5.41) is 3.17. The van der Waals surface area contributed by atoms with Gasteiger partial charge >= 0.3 is 0 Å². The van der Waals surface area contributed by atoms with E-state index in [1.165, 1.54) is 25.7 Å². The van der Waals surface area contributed by atoms with Gasteiger partial charge in [-0.25, -0.2) is 0 Å². The zero-order valence-corrected chi connectivity index (χ0v) is 15.3. The van der Waals surface area contributed by atoms with Gasteiger partial charge in [-0.3, -0.25) is 4.99 Å². The zero-order chi connectivity index (χ0) is 13.9. The molecule has 20 heavy (non-hydrogen) atoms. The van der Waals surface area contributed by atoms with Crippen molar-refractivity contribution in [3.8, 4) is 0 Å². The molecule has 0 bridgehead atoms. The van der Waals surface area contributed by atoms with Gasteiger partial charge in [0.2, 0.25) is 0 Å². The van der Waals surface area contributed by atoms with Crippen molar-refractivity contribution < 1.29 is 4.74 Å². The highest BCUT2D eigenvalue weighted by Gasteiger charge is 2.18. The molecule has 1 fully saturated rings. The second kappa shape index (κ2) is 12.6. The highest BCUT2D eigenvalue weighted by Crippen LogP contribution is 2.21. The first kappa shape index (κ1) is 19.9. The highest BCUT2D eigenvalue weighted by molar-refractivity contribution is 14.0. The van der Waals surface area contributed by atoms with Crippen molar-refractivity contribution in [1.82, 2.24) is 10.2 Å². The number of rotatable bonds is 9. The Bertz CT molecular complexity index is 258. The van der Waals surface area contributed by atoms with E-state index in [4.69, 9.17) is 10.5 Å². The lowest BCUT2D eigenvalue weighted by Crippen LogP contribution is -2.40. The van der Waals surface area contributed by atoms with Crippen LogP contribution in [0.4, 0.5) is 0 Å². The molecule has 0 aliphatic heterocycles. The Morgan fingerprint density at radius 2 is 2.10 bits per heavy atom. The van der Waals surface area contributed by atoms with Crippen LogP contribution in [0.1, 0.15) is 39.0 Å². The third-order valence-electron chi connectivity index (χ3n) is 3.65. The summed E-state index contributed by atoms with van der Waals surface area (Å²) in [5.41, 5.74) is 5.81. The van der Waals surface area contributed by atoms with E-state index in [-0.39, 0.29) is 24.0 Å². The van der Waals surface area contributed by atoms with Crippen LogP contribution in [-0.4, -0.2) is 56.8 Å². The van der Waals surface area contributed by atoms with Gasteiger partial charge < -0.3 is 20.7 Å². The van der Waals surface area contributed by atoms with Crippen LogP contribution in [0.3, 0.4) is 0 Å². The van der Waals surface area contributed by atoms with Crippen LogP contribution in [-0.2, 0) is 4.74 Å². The molecule has 0 aromatic heterocycles. The van der Waals surface area contributed by atoms with E-state index in [2.05, 4.69) is 22.3 Å². The molecule has 0 aromatic carbocycles. The van der Waals surface area contributed by atoms with Gasteiger partial charge in [0.15, 0.2) is 5.96 Å². The van der Waals surface area contributed by atoms with Crippen molar-refractivity contribution in [2.24, 2.45) is 10.7 Å². The maximum absolute atomic E-state index is 5.81. The number of nitrogens with one attached hydrogen (secondary N) is 1. The SMILES string of the molecule is CCOCCCN=C(N)NCCN(C)C1CCCC1.I. The Morgan fingerprint density at radius 3 is 2.75 bits per heavy atom. The van der Waals surface area contributed by atoms with Crippen LogP contribution in [0.2, 0.25) is 0 Å². The lowest BCUT2D eigenvalue weighted by atomic mass is 10.2. The van der Waals surface area contributed by atoms with Crippen LogP contribution >= 0.6 is 24.0 Å². The zero-order valence-electron chi connectivity index (χ0n) is 12.9. The molecule has 1 rings (SSSR count). The molecule has 0 saturated heterocycles. The van der Waals surface area contributed by atoms with E-state index < -0.39 is 0 Å². The van der Waals surface area contributed by atoms with E-state index in [1.807, 2.05) is 6.92 Å². The molecule has 1 saturated carbocycles. The first-order valence-corrected chi connectivity index (χ1v) is 7.55. The van der Waals surface area contributed by atoms with E-state index in [0.717, 1.165) is 45.3 Å². The van der Waals surface area contributed by atoms with Crippen LogP contribution < -0.4 is 11.1 Å². The fourth-order valence-corrected chi connectivity index (χ4v) is 2.45. The molecule has 0 heterocycles. The fraction of sp³-hybridized carbons (Fsp3) is 0.929. The van der Waals surface area contributed by atoms with Gasteiger partial charge in [0, 0.05) is 38.9 Å². The topological polar surface area (TPSA) is 62.9 Å². The van der Waals surface area contributed by atoms with Crippen LogP contribution in [0, 0.1) is 0 Å². The molecule has 0 aromatic rings. The number of likely N-dealkylation sites (N-methyl/N-ethyl adjacent to an activating group) is 1. The summed E-state index contributed by atoms with van der Waals surface area (Å²) in [5.74, 6) is 0.552. The normalized spacial score (nSPS) is 16.4. The van der Waals surface area contributed by atoms with Crippen molar-refractivity contribution in [3.05, 3.63) is 0 Å². The van der Waals surface area contributed by atoms with Crippen molar-refractivity contribution in [3.63, 3.8) is 0 Å². The molecule has 1 aliphatic rings. The third kappa shape index (κ3) is 8.97. The maximum atomic E-state index is 5.81. The predicted octanol–water partition coefficient (Wildman–Crippen LogP) is 1.81. The fourth-order valence-electron chi connectivity index (χ4n) is 2.45. The minimum absolute atomic E-state index is 0. The van der Waals surface area contributed by atoms with E-state index in [0.29, 0.717) is 5.96 Å². The smallest absolute Gasteiger partial charge is 0.188 e. The number of nitrogens with two attached hydrogens (primary N) is 1. The molecule has 1 aliphatic carbocycles. The standard InChI is InChI=1S/C14H30N4O.HI/c1-3-19-12-6-9-16-14(15)17-10-11-18(2)13-7-4-5-8-13;/h13H,3-12H2,1-2H3,(H3,15,16,17);1H. The van der Waals surface area contributed by atoms with Gasteiger partial charge in [-0.2, -0.15) is 0 Å². The Balaban J connectivity index is 0.00000361. The third-order valence-corrected chi connectivity index (χ3v) is 3.65. The summed E-state index contributed by atoms with van der Waals surface area (Å²) in [6, 6.07) is 0.770. The average molecular weight is 398 g/mol. The Hall–Kier alpha value is -0.0800.